The lowest BCUT2D eigenvalue weighted by atomic mass is 10.0. The Morgan fingerprint density at radius 1 is 1.18 bits per heavy atom. The summed E-state index contributed by atoms with van der Waals surface area (Å²) in [6.07, 6.45) is 4.05. The Balaban J connectivity index is 2.58. The van der Waals surface area contributed by atoms with Gasteiger partial charge in [0.2, 0.25) is 0 Å². The molecule has 1 rings (SSSR count). The molecule has 3 nitrogen and oxygen atoms in total. The van der Waals surface area contributed by atoms with E-state index >= 15 is 0 Å². The van der Waals surface area contributed by atoms with Crippen molar-refractivity contribution in [1.29, 1.82) is 0 Å². The van der Waals surface area contributed by atoms with E-state index in [1.54, 1.807) is 6.33 Å². The molecule has 0 saturated heterocycles. The summed E-state index contributed by atoms with van der Waals surface area (Å²) in [5.74, 6) is 2.15. The first-order valence-corrected chi connectivity index (χ1v) is 6.61. The summed E-state index contributed by atoms with van der Waals surface area (Å²) in [4.78, 5) is 8.54. The number of aromatic nitrogens is 2. The van der Waals surface area contributed by atoms with Gasteiger partial charge in [0.25, 0.3) is 0 Å². The normalized spacial score (nSPS) is 14.7. The molecule has 96 valence electrons. The zero-order valence-electron chi connectivity index (χ0n) is 11.7. The topological polar surface area (TPSA) is 37.8 Å². The number of rotatable bonds is 6. The molecule has 17 heavy (non-hydrogen) atoms. The van der Waals surface area contributed by atoms with Crippen molar-refractivity contribution >= 4 is 5.82 Å². The molecule has 0 radical (unpaired) electrons. The predicted octanol–water partition coefficient (Wildman–Crippen LogP) is 3.84. The molecule has 2 atom stereocenters. The van der Waals surface area contributed by atoms with Crippen LogP contribution in [0.5, 0.6) is 0 Å². The molecule has 1 N–H and O–H groups in total. The molecule has 0 aliphatic rings. The summed E-state index contributed by atoms with van der Waals surface area (Å²) >= 11 is 0. The highest BCUT2D eigenvalue weighted by Crippen LogP contribution is 2.16. The second-order valence-corrected chi connectivity index (χ2v) is 5.28. The van der Waals surface area contributed by atoms with Gasteiger partial charge in [0.05, 0.1) is 0 Å². The van der Waals surface area contributed by atoms with E-state index in [1.165, 1.54) is 12.8 Å². The van der Waals surface area contributed by atoms with E-state index in [9.17, 15) is 0 Å². The van der Waals surface area contributed by atoms with E-state index in [0.717, 1.165) is 17.4 Å². The van der Waals surface area contributed by atoms with Gasteiger partial charge < -0.3 is 5.32 Å². The number of anilines is 1. The molecule has 1 aromatic rings. The molecule has 0 aliphatic heterocycles. The number of nitrogens with one attached hydrogen (secondary N) is 1. The molecule has 0 amide bonds. The summed E-state index contributed by atoms with van der Waals surface area (Å²) in [5, 5.41) is 3.45. The highest BCUT2D eigenvalue weighted by Gasteiger charge is 2.09. The van der Waals surface area contributed by atoms with Gasteiger partial charge in [-0.15, -0.1) is 0 Å². The molecule has 1 heterocycles. The maximum atomic E-state index is 4.27. The zero-order chi connectivity index (χ0) is 12.8. The van der Waals surface area contributed by atoms with Crippen LogP contribution in [0.1, 0.15) is 59.1 Å². The highest BCUT2D eigenvalue weighted by molar-refractivity contribution is 5.36. The van der Waals surface area contributed by atoms with Gasteiger partial charge in [-0.1, -0.05) is 34.1 Å². The molecule has 3 heteroatoms. The lowest BCUT2D eigenvalue weighted by Crippen LogP contribution is -2.19. The predicted molar refractivity (Wildman–Crippen MR) is 73.3 cm³/mol. The van der Waals surface area contributed by atoms with Crippen LogP contribution in [0, 0.1) is 5.92 Å². The average Bonchev–Trinajstić information content (AvgIpc) is 2.28. The summed E-state index contributed by atoms with van der Waals surface area (Å²) in [5.41, 5.74) is 1.10. The fraction of sp³-hybridized carbons (Fsp3) is 0.714. The van der Waals surface area contributed by atoms with Gasteiger partial charge in [-0.2, -0.15) is 0 Å². The summed E-state index contributed by atoms with van der Waals surface area (Å²) in [6, 6.07) is 2.51. The fourth-order valence-corrected chi connectivity index (χ4v) is 1.85. The van der Waals surface area contributed by atoms with Crippen LogP contribution in [0.25, 0.3) is 0 Å². The van der Waals surface area contributed by atoms with E-state index in [2.05, 4.69) is 56.0 Å². The van der Waals surface area contributed by atoms with Crippen LogP contribution in [0.2, 0.25) is 0 Å². The van der Waals surface area contributed by atoms with Crippen LogP contribution in [0.15, 0.2) is 12.4 Å². The van der Waals surface area contributed by atoms with Crippen molar-refractivity contribution in [3.63, 3.8) is 0 Å². The zero-order valence-corrected chi connectivity index (χ0v) is 11.7. The number of hydrogen-bond acceptors (Lipinski definition) is 3. The minimum Gasteiger partial charge on any atom is -0.368 e. The first kappa shape index (κ1) is 13.9. The van der Waals surface area contributed by atoms with E-state index < -0.39 is 0 Å². The van der Waals surface area contributed by atoms with E-state index in [1.807, 2.05) is 0 Å². The van der Waals surface area contributed by atoms with E-state index in [4.69, 9.17) is 0 Å². The monoisotopic (exact) mass is 235 g/mol. The van der Waals surface area contributed by atoms with Crippen LogP contribution in [0.3, 0.4) is 0 Å². The molecular weight excluding hydrogens is 210 g/mol. The Morgan fingerprint density at radius 3 is 2.47 bits per heavy atom. The van der Waals surface area contributed by atoms with Crippen LogP contribution >= 0.6 is 0 Å². The smallest absolute Gasteiger partial charge is 0.129 e. The van der Waals surface area contributed by atoms with Gasteiger partial charge in [0.1, 0.15) is 12.1 Å². The van der Waals surface area contributed by atoms with Gasteiger partial charge in [-0.25, -0.2) is 9.97 Å². The molecule has 0 bridgehead atoms. The molecule has 1 aromatic heterocycles. The van der Waals surface area contributed by atoms with Gasteiger partial charge >= 0.3 is 0 Å². The Morgan fingerprint density at radius 2 is 1.88 bits per heavy atom. The molecule has 0 fully saturated rings. The fourth-order valence-electron chi connectivity index (χ4n) is 1.85. The number of hydrogen-bond donors (Lipinski definition) is 1. The van der Waals surface area contributed by atoms with Crippen LogP contribution in [0.4, 0.5) is 5.82 Å². The second-order valence-electron chi connectivity index (χ2n) is 5.28. The molecule has 0 aliphatic carbocycles. The number of nitrogens with zero attached hydrogens (tertiary/aromatic N) is 2. The first-order chi connectivity index (χ1) is 8.02. The lowest BCUT2D eigenvalue weighted by molar-refractivity contribution is 0.483. The van der Waals surface area contributed by atoms with E-state index in [-0.39, 0.29) is 0 Å². The maximum Gasteiger partial charge on any atom is 0.129 e. The van der Waals surface area contributed by atoms with Gasteiger partial charge in [-0.05, 0) is 25.2 Å². The largest absolute Gasteiger partial charge is 0.368 e. The van der Waals surface area contributed by atoms with E-state index in [0.29, 0.717) is 12.0 Å². The van der Waals surface area contributed by atoms with Crippen molar-refractivity contribution in [2.24, 2.45) is 5.92 Å². The third-order valence-corrected chi connectivity index (χ3v) is 3.13. The first-order valence-electron chi connectivity index (χ1n) is 6.61. The lowest BCUT2D eigenvalue weighted by Gasteiger charge is -2.18. The Kier molecular flexibility index (Phi) is 5.39. The average molecular weight is 235 g/mol. The standard InChI is InChI=1S/C14H25N3/c1-6-11(4)7-12(5)17-14-8-13(10(2)3)15-9-16-14/h8-12H,6-7H2,1-5H3,(H,15,16,17). The van der Waals surface area contributed by atoms with Crippen LogP contribution in [-0.4, -0.2) is 16.0 Å². The highest BCUT2D eigenvalue weighted by atomic mass is 15.0. The summed E-state index contributed by atoms with van der Waals surface area (Å²) in [7, 11) is 0. The Labute approximate surface area is 105 Å². The minimum absolute atomic E-state index is 0.448. The van der Waals surface area contributed by atoms with Crippen molar-refractivity contribution in [1.82, 2.24) is 9.97 Å². The third-order valence-electron chi connectivity index (χ3n) is 3.13. The minimum atomic E-state index is 0.448. The van der Waals surface area contributed by atoms with Crippen molar-refractivity contribution in [3.05, 3.63) is 18.1 Å². The maximum absolute atomic E-state index is 4.27. The molecule has 0 spiro atoms. The second kappa shape index (κ2) is 6.58. The Bertz CT molecular complexity index is 336. The van der Waals surface area contributed by atoms with Crippen molar-refractivity contribution in [2.75, 3.05) is 5.32 Å². The molecule has 0 saturated carbocycles. The van der Waals surface area contributed by atoms with Gasteiger partial charge in [-0.3, -0.25) is 0 Å². The SMILES string of the molecule is CCC(C)CC(C)Nc1cc(C(C)C)ncn1. The molecular formula is C14H25N3. The Hall–Kier alpha value is -1.12. The van der Waals surface area contributed by atoms with Gasteiger partial charge in [0.15, 0.2) is 0 Å². The summed E-state index contributed by atoms with van der Waals surface area (Å²) in [6.45, 7) is 11.0. The van der Waals surface area contributed by atoms with Crippen molar-refractivity contribution in [2.45, 2.75) is 59.4 Å². The quantitative estimate of drug-likeness (QED) is 0.814. The summed E-state index contributed by atoms with van der Waals surface area (Å²) < 4.78 is 0. The van der Waals surface area contributed by atoms with Crippen molar-refractivity contribution in [3.8, 4) is 0 Å². The van der Waals surface area contributed by atoms with Crippen LogP contribution in [-0.2, 0) is 0 Å². The molecule has 2 unspecified atom stereocenters. The molecule has 0 aromatic carbocycles. The van der Waals surface area contributed by atoms with Crippen LogP contribution < -0.4 is 5.32 Å². The van der Waals surface area contributed by atoms with Crippen molar-refractivity contribution < 1.29 is 0 Å². The third kappa shape index (κ3) is 4.72. The van der Waals surface area contributed by atoms with Gasteiger partial charge in [0, 0.05) is 17.8 Å².